The zero-order valence-electron chi connectivity index (χ0n) is 15.6. The predicted molar refractivity (Wildman–Crippen MR) is 110 cm³/mol. The Hall–Kier alpha value is -3.19. The molecule has 1 aromatic heterocycles. The fourth-order valence-corrected chi connectivity index (χ4v) is 3.73. The molecule has 8 heteroatoms. The van der Waals surface area contributed by atoms with Crippen molar-refractivity contribution in [2.45, 2.75) is 24.7 Å². The third-order valence-electron chi connectivity index (χ3n) is 5.26. The maximum atomic E-state index is 12.8. The number of halogens is 1. The monoisotopic (exact) mass is 409 g/mol. The Morgan fingerprint density at radius 3 is 2.55 bits per heavy atom. The third-order valence-corrected chi connectivity index (χ3v) is 5.50. The highest BCUT2D eigenvalue weighted by Gasteiger charge is 2.45. The number of nitrogens with one attached hydrogen (secondary N) is 2. The Labute approximate surface area is 173 Å². The van der Waals surface area contributed by atoms with Gasteiger partial charge in [-0.1, -0.05) is 30.2 Å². The molecule has 29 heavy (non-hydrogen) atoms. The van der Waals surface area contributed by atoms with Gasteiger partial charge in [-0.15, -0.1) is 0 Å². The van der Waals surface area contributed by atoms with Gasteiger partial charge in [0.25, 0.3) is 0 Å². The molecule has 2 amide bonds. The molecule has 2 aromatic carbocycles. The first-order chi connectivity index (χ1) is 14.1. The fraction of sp³-hybridized carbons (Fsp3) is 0.238. The second-order valence-electron chi connectivity index (χ2n) is 7.06. The number of carbonyl (C=O) groups is 2. The molecule has 3 aromatic rings. The second-order valence-corrected chi connectivity index (χ2v) is 7.50. The van der Waals surface area contributed by atoms with Crippen molar-refractivity contribution in [3.8, 4) is 5.69 Å². The zero-order chi connectivity index (χ0) is 20.3. The number of nitrogens with zero attached hydrogens (tertiary/aromatic N) is 3. The maximum absolute atomic E-state index is 12.8. The fourth-order valence-electron chi connectivity index (χ4n) is 3.54. The van der Waals surface area contributed by atoms with Gasteiger partial charge in [0.1, 0.15) is 12.7 Å². The molecule has 0 spiro atoms. The normalized spacial score (nSPS) is 14.7. The summed E-state index contributed by atoms with van der Waals surface area (Å²) in [6.45, 7) is -0.0913. The van der Waals surface area contributed by atoms with Crippen molar-refractivity contribution in [1.29, 1.82) is 0 Å². The van der Waals surface area contributed by atoms with Crippen molar-refractivity contribution >= 4 is 29.1 Å². The number of hydrogen-bond donors (Lipinski definition) is 2. The number of aromatic nitrogens is 3. The molecular formula is C21H20ClN5O2. The van der Waals surface area contributed by atoms with Gasteiger partial charge in [0, 0.05) is 10.7 Å². The van der Waals surface area contributed by atoms with Crippen LogP contribution in [0.4, 0.5) is 5.69 Å². The van der Waals surface area contributed by atoms with Crippen molar-refractivity contribution < 1.29 is 9.59 Å². The quantitative estimate of drug-likeness (QED) is 0.654. The molecule has 0 atom stereocenters. The highest BCUT2D eigenvalue weighted by Crippen LogP contribution is 2.44. The Morgan fingerprint density at radius 1 is 1.14 bits per heavy atom. The molecule has 0 unspecified atom stereocenters. The van der Waals surface area contributed by atoms with Gasteiger partial charge in [-0.2, -0.15) is 5.10 Å². The van der Waals surface area contributed by atoms with Crippen LogP contribution in [-0.2, 0) is 15.0 Å². The Kier molecular flexibility index (Phi) is 5.31. The molecule has 148 valence electrons. The van der Waals surface area contributed by atoms with Crippen LogP contribution in [-0.4, -0.2) is 33.1 Å². The van der Waals surface area contributed by atoms with Gasteiger partial charge in [0.15, 0.2) is 0 Å². The summed E-state index contributed by atoms with van der Waals surface area (Å²) in [4.78, 5) is 29.0. The Bertz CT molecular complexity index is 1010. The highest BCUT2D eigenvalue weighted by atomic mass is 35.5. The molecule has 0 saturated heterocycles. The minimum atomic E-state index is -0.593. The number of benzene rings is 2. The SMILES string of the molecule is O=C(CNC(=O)C1(c2cccc(Cl)c2)CCC1)Nc1ccc(-n2cncn2)cc1. The van der Waals surface area contributed by atoms with Crippen molar-refractivity contribution in [2.24, 2.45) is 0 Å². The van der Waals surface area contributed by atoms with E-state index < -0.39 is 5.41 Å². The van der Waals surface area contributed by atoms with Crippen LogP contribution in [0, 0.1) is 0 Å². The first-order valence-electron chi connectivity index (χ1n) is 9.36. The molecule has 7 nitrogen and oxygen atoms in total. The molecule has 0 bridgehead atoms. The summed E-state index contributed by atoms with van der Waals surface area (Å²) in [5, 5.41) is 10.2. The van der Waals surface area contributed by atoms with Gasteiger partial charge >= 0.3 is 0 Å². The van der Waals surface area contributed by atoms with E-state index in [1.54, 1.807) is 29.2 Å². The molecule has 1 heterocycles. The van der Waals surface area contributed by atoms with Crippen LogP contribution < -0.4 is 10.6 Å². The minimum Gasteiger partial charge on any atom is -0.346 e. The molecule has 0 radical (unpaired) electrons. The number of carbonyl (C=O) groups excluding carboxylic acids is 2. The zero-order valence-corrected chi connectivity index (χ0v) is 16.4. The smallest absolute Gasteiger partial charge is 0.243 e. The Morgan fingerprint density at radius 2 is 1.93 bits per heavy atom. The van der Waals surface area contributed by atoms with Crippen molar-refractivity contribution in [1.82, 2.24) is 20.1 Å². The lowest BCUT2D eigenvalue weighted by molar-refractivity contribution is -0.131. The van der Waals surface area contributed by atoms with Gasteiger partial charge < -0.3 is 10.6 Å². The maximum Gasteiger partial charge on any atom is 0.243 e. The van der Waals surface area contributed by atoms with Crippen molar-refractivity contribution in [2.75, 3.05) is 11.9 Å². The van der Waals surface area contributed by atoms with Crippen LogP contribution in [0.15, 0.2) is 61.2 Å². The largest absolute Gasteiger partial charge is 0.346 e. The molecular weight excluding hydrogens is 390 g/mol. The molecule has 4 rings (SSSR count). The molecule has 1 aliphatic rings. The van der Waals surface area contributed by atoms with Crippen LogP contribution in [0.3, 0.4) is 0 Å². The van der Waals surface area contributed by atoms with Crippen LogP contribution in [0.2, 0.25) is 5.02 Å². The first-order valence-corrected chi connectivity index (χ1v) is 9.74. The number of amides is 2. The van der Waals surface area contributed by atoms with E-state index in [4.69, 9.17) is 11.6 Å². The summed E-state index contributed by atoms with van der Waals surface area (Å²) in [7, 11) is 0. The van der Waals surface area contributed by atoms with E-state index in [0.717, 1.165) is 30.5 Å². The third kappa shape index (κ3) is 4.00. The van der Waals surface area contributed by atoms with E-state index in [0.29, 0.717) is 10.7 Å². The summed E-state index contributed by atoms with van der Waals surface area (Å²) < 4.78 is 1.62. The van der Waals surface area contributed by atoms with Crippen LogP contribution in [0.1, 0.15) is 24.8 Å². The lowest BCUT2D eigenvalue weighted by Crippen LogP contribution is -2.50. The van der Waals surface area contributed by atoms with Gasteiger partial charge in [0.05, 0.1) is 17.6 Å². The van der Waals surface area contributed by atoms with E-state index in [1.807, 2.05) is 30.3 Å². The van der Waals surface area contributed by atoms with E-state index in [9.17, 15) is 9.59 Å². The number of hydrogen-bond acceptors (Lipinski definition) is 4. The summed E-state index contributed by atoms with van der Waals surface area (Å²) in [6, 6.07) is 14.6. The summed E-state index contributed by atoms with van der Waals surface area (Å²) >= 11 is 6.09. The molecule has 0 aliphatic heterocycles. The van der Waals surface area contributed by atoms with Crippen molar-refractivity contribution in [3.63, 3.8) is 0 Å². The van der Waals surface area contributed by atoms with Crippen LogP contribution >= 0.6 is 11.6 Å². The first kappa shape index (κ1) is 19.1. The van der Waals surface area contributed by atoms with Crippen LogP contribution in [0.25, 0.3) is 5.69 Å². The second kappa shape index (κ2) is 8.05. The Balaban J connectivity index is 1.35. The summed E-state index contributed by atoms with van der Waals surface area (Å²) in [6.07, 6.45) is 5.54. The number of rotatable bonds is 6. The van der Waals surface area contributed by atoms with E-state index in [2.05, 4.69) is 20.7 Å². The van der Waals surface area contributed by atoms with Gasteiger partial charge in [-0.25, -0.2) is 9.67 Å². The highest BCUT2D eigenvalue weighted by molar-refractivity contribution is 6.30. The lowest BCUT2D eigenvalue weighted by atomic mass is 9.64. The molecule has 1 saturated carbocycles. The lowest BCUT2D eigenvalue weighted by Gasteiger charge is -2.40. The van der Waals surface area contributed by atoms with Crippen LogP contribution in [0.5, 0.6) is 0 Å². The summed E-state index contributed by atoms with van der Waals surface area (Å²) in [5.74, 6) is -0.421. The standard InChI is InChI=1S/C21H20ClN5O2/c22-16-4-1-3-15(11-16)21(9-2-10-21)20(29)24-12-19(28)26-17-5-7-18(8-6-17)27-14-23-13-25-27/h1,3-8,11,13-14H,2,9-10,12H2,(H,24,29)(H,26,28). The molecule has 2 N–H and O–H groups in total. The van der Waals surface area contributed by atoms with Gasteiger partial charge in [-0.3, -0.25) is 9.59 Å². The van der Waals surface area contributed by atoms with Gasteiger partial charge in [0.2, 0.25) is 11.8 Å². The van der Waals surface area contributed by atoms with E-state index in [-0.39, 0.29) is 18.4 Å². The average Bonchev–Trinajstić information content (AvgIpc) is 3.21. The minimum absolute atomic E-state index is 0.0913. The van der Waals surface area contributed by atoms with E-state index in [1.165, 1.54) is 6.33 Å². The average molecular weight is 410 g/mol. The predicted octanol–water partition coefficient (Wildman–Crippen LogP) is 3.10. The number of anilines is 1. The topological polar surface area (TPSA) is 88.9 Å². The molecule has 1 aliphatic carbocycles. The van der Waals surface area contributed by atoms with Crippen molar-refractivity contribution in [3.05, 3.63) is 71.8 Å². The van der Waals surface area contributed by atoms with E-state index >= 15 is 0 Å². The van der Waals surface area contributed by atoms with Gasteiger partial charge in [-0.05, 0) is 54.8 Å². The summed E-state index contributed by atoms with van der Waals surface area (Å²) in [5.41, 5.74) is 1.78. The molecule has 1 fully saturated rings.